The molecule has 0 unspecified atom stereocenters. The Labute approximate surface area is 180 Å². The number of esters is 1. The standard InChI is InChI=1S/C25H24FNO4/c1-16-10-11-18(14-21(16)26)30-19-12-13-20(24(29)31-25(2,3)4)22(15-19)27-23(28)17-8-6-5-7-9-17/h5-15H,1-4H3,(H,27,28). The highest BCUT2D eigenvalue weighted by Gasteiger charge is 2.22. The molecule has 0 aliphatic carbocycles. The predicted octanol–water partition coefficient (Wildman–Crippen LogP) is 6.13. The minimum Gasteiger partial charge on any atom is -0.457 e. The molecule has 0 fully saturated rings. The van der Waals surface area contributed by atoms with Gasteiger partial charge in [-0.05, 0) is 63.6 Å². The number of halogens is 1. The topological polar surface area (TPSA) is 64.6 Å². The van der Waals surface area contributed by atoms with E-state index in [1.54, 1.807) is 76.2 Å². The van der Waals surface area contributed by atoms with Crippen LogP contribution in [0, 0.1) is 12.7 Å². The predicted molar refractivity (Wildman–Crippen MR) is 117 cm³/mol. The van der Waals surface area contributed by atoms with Crippen molar-refractivity contribution in [2.75, 3.05) is 5.32 Å². The third-order valence-electron chi connectivity index (χ3n) is 4.27. The maximum Gasteiger partial charge on any atom is 0.340 e. The Morgan fingerprint density at radius 2 is 1.55 bits per heavy atom. The first-order valence-corrected chi connectivity index (χ1v) is 9.80. The molecular weight excluding hydrogens is 397 g/mol. The molecule has 0 saturated carbocycles. The Morgan fingerprint density at radius 1 is 0.903 bits per heavy atom. The first-order chi connectivity index (χ1) is 14.6. The molecule has 160 valence electrons. The van der Waals surface area contributed by atoms with Crippen LogP contribution in [0.2, 0.25) is 0 Å². The maximum absolute atomic E-state index is 13.9. The highest BCUT2D eigenvalue weighted by Crippen LogP contribution is 2.29. The minimum absolute atomic E-state index is 0.182. The average Bonchev–Trinajstić information content (AvgIpc) is 2.70. The van der Waals surface area contributed by atoms with Crippen LogP contribution in [-0.4, -0.2) is 17.5 Å². The highest BCUT2D eigenvalue weighted by molar-refractivity contribution is 6.08. The van der Waals surface area contributed by atoms with Gasteiger partial charge in [-0.3, -0.25) is 4.79 Å². The molecule has 1 amide bonds. The van der Waals surface area contributed by atoms with Gasteiger partial charge in [0.15, 0.2) is 0 Å². The molecule has 0 aromatic heterocycles. The van der Waals surface area contributed by atoms with Crippen molar-refractivity contribution in [3.8, 4) is 11.5 Å². The van der Waals surface area contributed by atoms with E-state index < -0.39 is 11.6 Å². The zero-order chi connectivity index (χ0) is 22.6. The van der Waals surface area contributed by atoms with Crippen molar-refractivity contribution >= 4 is 17.6 Å². The van der Waals surface area contributed by atoms with Gasteiger partial charge in [0, 0.05) is 17.7 Å². The summed E-state index contributed by atoms with van der Waals surface area (Å²) in [5, 5.41) is 2.75. The fourth-order valence-corrected chi connectivity index (χ4v) is 2.76. The summed E-state index contributed by atoms with van der Waals surface area (Å²) in [6.45, 7) is 6.94. The summed E-state index contributed by atoms with van der Waals surface area (Å²) in [4.78, 5) is 25.4. The zero-order valence-corrected chi connectivity index (χ0v) is 17.9. The van der Waals surface area contributed by atoms with Crippen LogP contribution in [0.1, 0.15) is 47.1 Å². The first-order valence-electron chi connectivity index (χ1n) is 9.80. The van der Waals surface area contributed by atoms with Crippen LogP contribution in [0.25, 0.3) is 0 Å². The molecule has 3 aromatic rings. The van der Waals surface area contributed by atoms with Gasteiger partial charge < -0.3 is 14.8 Å². The molecule has 0 spiro atoms. The molecule has 0 saturated heterocycles. The molecule has 31 heavy (non-hydrogen) atoms. The average molecular weight is 421 g/mol. The Bertz CT molecular complexity index is 1100. The number of hydrogen-bond acceptors (Lipinski definition) is 4. The normalized spacial score (nSPS) is 11.0. The van der Waals surface area contributed by atoms with Gasteiger partial charge in [-0.25, -0.2) is 9.18 Å². The molecule has 0 aliphatic heterocycles. The monoisotopic (exact) mass is 421 g/mol. The van der Waals surface area contributed by atoms with Crippen LogP contribution in [0.3, 0.4) is 0 Å². The maximum atomic E-state index is 13.9. The molecule has 0 heterocycles. The number of carbonyl (C=O) groups is 2. The highest BCUT2D eigenvalue weighted by atomic mass is 19.1. The van der Waals surface area contributed by atoms with Crippen LogP contribution in [0.15, 0.2) is 66.7 Å². The lowest BCUT2D eigenvalue weighted by Gasteiger charge is -2.21. The lowest BCUT2D eigenvalue weighted by molar-refractivity contribution is 0.00707. The largest absolute Gasteiger partial charge is 0.457 e. The summed E-state index contributed by atoms with van der Waals surface area (Å²) in [7, 11) is 0. The summed E-state index contributed by atoms with van der Waals surface area (Å²) in [5.41, 5.74) is 0.648. The third kappa shape index (κ3) is 5.92. The minimum atomic E-state index is -0.702. The molecule has 3 rings (SSSR count). The molecular formula is C25H24FNO4. The van der Waals surface area contributed by atoms with Crippen LogP contribution in [0.5, 0.6) is 11.5 Å². The zero-order valence-electron chi connectivity index (χ0n) is 17.9. The molecule has 3 aromatic carbocycles. The van der Waals surface area contributed by atoms with Crippen molar-refractivity contribution in [3.63, 3.8) is 0 Å². The molecule has 5 nitrogen and oxygen atoms in total. The van der Waals surface area contributed by atoms with Crippen molar-refractivity contribution in [1.82, 2.24) is 0 Å². The number of amides is 1. The Hall–Kier alpha value is -3.67. The van der Waals surface area contributed by atoms with E-state index in [1.165, 1.54) is 18.2 Å². The van der Waals surface area contributed by atoms with E-state index >= 15 is 0 Å². The van der Waals surface area contributed by atoms with Crippen molar-refractivity contribution in [2.24, 2.45) is 0 Å². The summed E-state index contributed by atoms with van der Waals surface area (Å²) in [5.74, 6) is -0.722. The lowest BCUT2D eigenvalue weighted by Crippen LogP contribution is -2.25. The van der Waals surface area contributed by atoms with Crippen LogP contribution >= 0.6 is 0 Å². The van der Waals surface area contributed by atoms with Gasteiger partial charge in [0.2, 0.25) is 0 Å². The van der Waals surface area contributed by atoms with Gasteiger partial charge >= 0.3 is 5.97 Å². The van der Waals surface area contributed by atoms with Crippen molar-refractivity contribution in [2.45, 2.75) is 33.3 Å². The fraction of sp³-hybridized carbons (Fsp3) is 0.200. The number of benzene rings is 3. The van der Waals surface area contributed by atoms with E-state index in [2.05, 4.69) is 5.32 Å². The summed E-state index contributed by atoms with van der Waals surface area (Å²) in [6.07, 6.45) is 0. The van der Waals surface area contributed by atoms with E-state index in [1.807, 2.05) is 0 Å². The smallest absolute Gasteiger partial charge is 0.340 e. The van der Waals surface area contributed by atoms with Gasteiger partial charge in [-0.1, -0.05) is 24.3 Å². The number of rotatable bonds is 5. The number of nitrogens with one attached hydrogen (secondary N) is 1. The van der Waals surface area contributed by atoms with Crippen molar-refractivity contribution < 1.29 is 23.5 Å². The van der Waals surface area contributed by atoms with Gasteiger partial charge in [0.05, 0.1) is 11.3 Å². The van der Waals surface area contributed by atoms with Gasteiger partial charge in [0.1, 0.15) is 22.9 Å². The summed E-state index contributed by atoms with van der Waals surface area (Å²) < 4.78 is 25.0. The van der Waals surface area contributed by atoms with Gasteiger partial charge in [-0.15, -0.1) is 0 Å². The van der Waals surface area contributed by atoms with E-state index in [0.29, 0.717) is 22.6 Å². The molecule has 0 radical (unpaired) electrons. The number of aryl methyl sites for hydroxylation is 1. The Morgan fingerprint density at radius 3 is 2.19 bits per heavy atom. The van der Waals surface area contributed by atoms with Crippen LogP contribution < -0.4 is 10.1 Å². The molecule has 0 atom stereocenters. The van der Waals surface area contributed by atoms with E-state index in [0.717, 1.165) is 0 Å². The fourth-order valence-electron chi connectivity index (χ4n) is 2.76. The van der Waals surface area contributed by atoms with Gasteiger partial charge in [0.25, 0.3) is 5.91 Å². The molecule has 1 N–H and O–H groups in total. The number of ether oxygens (including phenoxy) is 2. The summed E-state index contributed by atoms with van der Waals surface area (Å²) in [6, 6.07) is 17.7. The quantitative estimate of drug-likeness (QED) is 0.503. The number of carbonyl (C=O) groups excluding carboxylic acids is 2. The molecule has 0 bridgehead atoms. The molecule has 0 aliphatic rings. The number of hydrogen-bond donors (Lipinski definition) is 1. The second-order valence-corrected chi connectivity index (χ2v) is 8.04. The van der Waals surface area contributed by atoms with Gasteiger partial charge in [-0.2, -0.15) is 0 Å². The third-order valence-corrected chi connectivity index (χ3v) is 4.27. The van der Waals surface area contributed by atoms with Crippen LogP contribution in [0.4, 0.5) is 10.1 Å². The van der Waals surface area contributed by atoms with E-state index in [9.17, 15) is 14.0 Å². The van der Waals surface area contributed by atoms with E-state index in [-0.39, 0.29) is 23.0 Å². The second kappa shape index (κ2) is 9.00. The Kier molecular flexibility index (Phi) is 6.39. The summed E-state index contributed by atoms with van der Waals surface area (Å²) >= 11 is 0. The SMILES string of the molecule is Cc1ccc(Oc2ccc(C(=O)OC(C)(C)C)c(NC(=O)c3ccccc3)c2)cc1F. The van der Waals surface area contributed by atoms with Crippen molar-refractivity contribution in [1.29, 1.82) is 0 Å². The number of anilines is 1. The second-order valence-electron chi connectivity index (χ2n) is 8.04. The first kappa shape index (κ1) is 22.0. The van der Waals surface area contributed by atoms with E-state index in [4.69, 9.17) is 9.47 Å². The Balaban J connectivity index is 1.94. The lowest BCUT2D eigenvalue weighted by atomic mass is 10.1. The molecule has 6 heteroatoms. The van der Waals surface area contributed by atoms with Crippen LogP contribution in [-0.2, 0) is 4.74 Å². The van der Waals surface area contributed by atoms with Crippen molar-refractivity contribution in [3.05, 3.63) is 89.2 Å².